The van der Waals surface area contributed by atoms with E-state index in [1.54, 1.807) is 0 Å². The molecule has 0 unspecified atom stereocenters. The second-order valence-electron chi connectivity index (χ2n) is 7.78. The topological polar surface area (TPSA) is 152 Å². The highest BCUT2D eigenvalue weighted by atomic mass is 16.7. The number of aromatic nitrogens is 2. The van der Waals surface area contributed by atoms with E-state index >= 15 is 0 Å². The van der Waals surface area contributed by atoms with Gasteiger partial charge in [0.25, 0.3) is 0 Å². The maximum Gasteiger partial charge on any atom is 0.351 e. The van der Waals surface area contributed by atoms with Gasteiger partial charge in [0.1, 0.15) is 18.3 Å². The van der Waals surface area contributed by atoms with Crippen LogP contribution in [0.2, 0.25) is 0 Å². The second-order valence-corrected chi connectivity index (χ2v) is 7.78. The fraction of sp³-hybridized carbons (Fsp3) is 0.476. The zero-order chi connectivity index (χ0) is 22.7. The summed E-state index contributed by atoms with van der Waals surface area (Å²) in [6, 6.07) is 10.7. The molecule has 1 aromatic carbocycles. The third kappa shape index (κ3) is 4.12. The molecule has 32 heavy (non-hydrogen) atoms. The number of aliphatic hydroxyl groups excluding tert-OH is 3. The summed E-state index contributed by atoms with van der Waals surface area (Å²) in [5.74, 6) is -0.525. The van der Waals surface area contributed by atoms with Crippen LogP contribution in [0.5, 0.6) is 0 Å². The Hall–Kier alpha value is -2.83. The van der Waals surface area contributed by atoms with Gasteiger partial charge in [0.15, 0.2) is 12.0 Å². The van der Waals surface area contributed by atoms with E-state index in [0.717, 1.165) is 10.1 Å². The van der Waals surface area contributed by atoms with Gasteiger partial charge in [-0.15, -0.1) is 0 Å². The van der Waals surface area contributed by atoms with Crippen LogP contribution in [-0.4, -0.2) is 69.0 Å². The highest BCUT2D eigenvalue weighted by Crippen LogP contribution is 2.36. The fourth-order valence-corrected chi connectivity index (χ4v) is 4.06. The van der Waals surface area contributed by atoms with E-state index in [0.29, 0.717) is 26.1 Å². The van der Waals surface area contributed by atoms with E-state index in [-0.39, 0.29) is 5.82 Å². The van der Waals surface area contributed by atoms with Crippen LogP contribution >= 0.6 is 0 Å². The molecule has 4 N–H and O–H groups in total. The van der Waals surface area contributed by atoms with Crippen molar-refractivity contribution in [1.82, 2.24) is 9.55 Å². The third-order valence-corrected chi connectivity index (χ3v) is 5.93. The maximum absolute atomic E-state index is 13.0. The highest BCUT2D eigenvalue weighted by Gasteiger charge is 2.45. The molecule has 2 fully saturated rings. The number of carbonyl (C=O) groups excluding carboxylic acids is 1. The Morgan fingerprint density at radius 1 is 1.19 bits per heavy atom. The number of anilines is 1. The predicted octanol–water partition coefficient (Wildman–Crippen LogP) is -0.527. The van der Waals surface area contributed by atoms with Gasteiger partial charge >= 0.3 is 11.7 Å². The first-order valence-electron chi connectivity index (χ1n) is 10.3. The average molecular weight is 447 g/mol. The van der Waals surface area contributed by atoms with Gasteiger partial charge < -0.3 is 29.6 Å². The molecule has 3 heterocycles. The standard InChI is InChI=1S/C21H25N3O8/c25-12-14-16(26)17(27)18(31-14)24-9-6-15(22-20(24)29)23-32-19(28)21(7-10-30-11-8-21)13-4-2-1-3-5-13/h1-6,9,14,16-18,25-27H,7-8,10-12H2,(H,22,23,29)/t14-,16-,17-,18-/m1/s1. The Morgan fingerprint density at radius 3 is 2.53 bits per heavy atom. The number of benzene rings is 1. The van der Waals surface area contributed by atoms with E-state index in [1.807, 2.05) is 30.3 Å². The highest BCUT2D eigenvalue weighted by molar-refractivity contribution is 5.84. The third-order valence-electron chi connectivity index (χ3n) is 5.93. The van der Waals surface area contributed by atoms with Crippen LogP contribution in [-0.2, 0) is 24.5 Å². The Bertz CT molecular complexity index is 992. The number of carbonyl (C=O) groups is 1. The van der Waals surface area contributed by atoms with E-state index in [9.17, 15) is 24.9 Å². The average Bonchev–Trinajstić information content (AvgIpc) is 3.12. The number of nitrogens with one attached hydrogen (secondary N) is 1. The lowest BCUT2D eigenvalue weighted by atomic mass is 9.74. The Kier molecular flexibility index (Phi) is 6.53. The van der Waals surface area contributed by atoms with Gasteiger partial charge in [-0.1, -0.05) is 30.3 Å². The molecule has 2 saturated heterocycles. The van der Waals surface area contributed by atoms with E-state index in [4.69, 9.17) is 14.3 Å². The molecule has 172 valence electrons. The van der Waals surface area contributed by atoms with Crippen molar-refractivity contribution in [3.63, 3.8) is 0 Å². The summed E-state index contributed by atoms with van der Waals surface area (Å²) in [7, 11) is 0. The molecule has 0 bridgehead atoms. The zero-order valence-electron chi connectivity index (χ0n) is 17.2. The Labute approximate surface area is 183 Å². The van der Waals surface area contributed by atoms with Crippen molar-refractivity contribution in [1.29, 1.82) is 0 Å². The number of hydrogen-bond donors (Lipinski definition) is 4. The molecule has 0 radical (unpaired) electrons. The molecule has 0 saturated carbocycles. The lowest BCUT2D eigenvalue weighted by Crippen LogP contribution is -2.43. The number of ether oxygens (including phenoxy) is 2. The SMILES string of the molecule is O=C(ONc1ccn([C@@H]2O[C@H](CO)[C@@H](O)[C@H]2O)c(=O)n1)C1(c2ccccc2)CCOCC1. The summed E-state index contributed by atoms with van der Waals surface area (Å²) < 4.78 is 11.7. The van der Waals surface area contributed by atoms with Gasteiger partial charge in [0.05, 0.1) is 12.0 Å². The molecule has 1 aromatic heterocycles. The molecule has 11 nitrogen and oxygen atoms in total. The fourth-order valence-electron chi connectivity index (χ4n) is 4.06. The molecule has 4 atom stereocenters. The van der Waals surface area contributed by atoms with Crippen molar-refractivity contribution in [3.8, 4) is 0 Å². The van der Waals surface area contributed by atoms with Crippen molar-refractivity contribution >= 4 is 11.8 Å². The first-order valence-corrected chi connectivity index (χ1v) is 10.3. The largest absolute Gasteiger partial charge is 0.394 e. The number of rotatable bonds is 6. The molecule has 2 aromatic rings. The summed E-state index contributed by atoms with van der Waals surface area (Å²) in [5.41, 5.74) is 1.57. The smallest absolute Gasteiger partial charge is 0.351 e. The van der Waals surface area contributed by atoms with E-state index in [2.05, 4.69) is 10.5 Å². The van der Waals surface area contributed by atoms with Crippen molar-refractivity contribution in [2.45, 2.75) is 42.8 Å². The van der Waals surface area contributed by atoms with Crippen LogP contribution in [0.3, 0.4) is 0 Å². The van der Waals surface area contributed by atoms with Crippen molar-refractivity contribution in [3.05, 3.63) is 58.6 Å². The molecule has 0 aliphatic carbocycles. The van der Waals surface area contributed by atoms with Crippen LogP contribution in [0.4, 0.5) is 5.82 Å². The molecule has 2 aliphatic rings. The zero-order valence-corrected chi connectivity index (χ0v) is 17.2. The maximum atomic E-state index is 13.0. The van der Waals surface area contributed by atoms with Crippen LogP contribution < -0.4 is 11.2 Å². The molecule has 0 amide bonds. The first kappa shape index (κ1) is 22.4. The summed E-state index contributed by atoms with van der Waals surface area (Å²) in [6.07, 6.45) is -2.79. The van der Waals surface area contributed by atoms with Crippen LogP contribution in [0.1, 0.15) is 24.6 Å². The minimum Gasteiger partial charge on any atom is -0.394 e. The minimum absolute atomic E-state index is 0.0124. The Morgan fingerprint density at radius 2 is 1.91 bits per heavy atom. The van der Waals surface area contributed by atoms with Gasteiger partial charge in [0, 0.05) is 25.5 Å². The van der Waals surface area contributed by atoms with Crippen LogP contribution in [0.25, 0.3) is 0 Å². The summed E-state index contributed by atoms with van der Waals surface area (Å²) in [6.45, 7) is 0.325. The molecular formula is C21H25N3O8. The van der Waals surface area contributed by atoms with Crippen molar-refractivity contribution in [2.24, 2.45) is 0 Å². The number of nitrogens with zero attached hydrogens (tertiary/aromatic N) is 2. The number of aliphatic hydroxyl groups is 3. The lowest BCUT2D eigenvalue weighted by molar-refractivity contribution is -0.151. The Balaban J connectivity index is 1.47. The van der Waals surface area contributed by atoms with Gasteiger partial charge in [-0.05, 0) is 18.4 Å². The molecule has 0 spiro atoms. The van der Waals surface area contributed by atoms with Crippen LogP contribution in [0.15, 0.2) is 47.4 Å². The predicted molar refractivity (Wildman–Crippen MR) is 109 cm³/mol. The molecular weight excluding hydrogens is 422 g/mol. The van der Waals surface area contributed by atoms with Gasteiger partial charge in [0.2, 0.25) is 0 Å². The number of hydrogen-bond acceptors (Lipinski definition) is 10. The lowest BCUT2D eigenvalue weighted by Gasteiger charge is -2.34. The molecule has 4 rings (SSSR count). The molecule has 2 aliphatic heterocycles. The van der Waals surface area contributed by atoms with Crippen molar-refractivity contribution < 1.29 is 34.4 Å². The summed E-state index contributed by atoms with van der Waals surface area (Å²) in [5, 5.41) is 29.2. The normalized spacial score (nSPS) is 27.1. The van der Waals surface area contributed by atoms with E-state index < -0.39 is 48.2 Å². The first-order chi connectivity index (χ1) is 15.5. The second kappa shape index (κ2) is 9.35. The monoisotopic (exact) mass is 447 g/mol. The van der Waals surface area contributed by atoms with E-state index in [1.165, 1.54) is 12.3 Å². The molecule has 11 heteroatoms. The quantitative estimate of drug-likeness (QED) is 0.425. The summed E-state index contributed by atoms with van der Waals surface area (Å²) >= 11 is 0. The van der Waals surface area contributed by atoms with Crippen LogP contribution in [0, 0.1) is 0 Å². The van der Waals surface area contributed by atoms with Gasteiger partial charge in [-0.2, -0.15) is 4.98 Å². The van der Waals surface area contributed by atoms with Gasteiger partial charge in [-0.25, -0.2) is 15.1 Å². The van der Waals surface area contributed by atoms with Gasteiger partial charge in [-0.3, -0.25) is 4.57 Å². The summed E-state index contributed by atoms with van der Waals surface area (Å²) in [4.78, 5) is 34.6. The van der Waals surface area contributed by atoms with Crippen molar-refractivity contribution in [2.75, 3.05) is 25.3 Å². The minimum atomic E-state index is -1.41.